The summed E-state index contributed by atoms with van der Waals surface area (Å²) in [6.45, 7) is 0. The minimum Gasteiger partial charge on any atom is -0.368 e. The van der Waals surface area contributed by atoms with E-state index in [0.717, 1.165) is 16.0 Å². The van der Waals surface area contributed by atoms with Crippen molar-refractivity contribution in [3.63, 3.8) is 0 Å². The van der Waals surface area contributed by atoms with Gasteiger partial charge in [0.05, 0.1) is 4.47 Å². The Hall–Kier alpha value is -0.490. The lowest BCUT2D eigenvalue weighted by Crippen LogP contribution is -2.19. The van der Waals surface area contributed by atoms with Crippen LogP contribution >= 0.6 is 27.7 Å². The van der Waals surface area contributed by atoms with E-state index < -0.39 is 0 Å². The van der Waals surface area contributed by atoms with Gasteiger partial charge in [0.1, 0.15) is 5.82 Å². The molecule has 1 atom stereocenters. The Morgan fingerprint density at radius 1 is 1.64 bits per heavy atom. The van der Waals surface area contributed by atoms with Crippen molar-refractivity contribution >= 4 is 39.5 Å². The summed E-state index contributed by atoms with van der Waals surface area (Å²) in [6.07, 6.45) is 2.85. The van der Waals surface area contributed by atoms with Crippen molar-refractivity contribution in [1.29, 1.82) is 0 Å². The average molecular weight is 275 g/mol. The third-order valence-electron chi connectivity index (χ3n) is 2.03. The molecule has 1 aromatic heterocycles. The standard InChI is InChI=1S/C8H11BrN4S/c9-6-3-11-8(10)13-7(6)12-5-1-2-14-4-5/h3,5H,1-2,4H2,(H3,10,11,12,13). The van der Waals surface area contributed by atoms with Crippen LogP contribution in [0, 0.1) is 0 Å². The normalized spacial score (nSPS) is 21.1. The van der Waals surface area contributed by atoms with Crippen LogP contribution in [0.25, 0.3) is 0 Å². The number of nitrogens with one attached hydrogen (secondary N) is 1. The number of halogens is 1. The molecule has 1 aliphatic heterocycles. The Balaban J connectivity index is 2.10. The molecule has 2 heterocycles. The second-order valence-corrected chi connectivity index (χ2v) is 5.13. The first-order valence-electron chi connectivity index (χ1n) is 4.38. The van der Waals surface area contributed by atoms with E-state index in [0.29, 0.717) is 12.0 Å². The molecule has 1 unspecified atom stereocenters. The predicted octanol–water partition coefficient (Wildman–Crippen LogP) is 1.74. The van der Waals surface area contributed by atoms with Gasteiger partial charge in [-0.15, -0.1) is 0 Å². The molecule has 1 saturated heterocycles. The van der Waals surface area contributed by atoms with Crippen LogP contribution in [0.2, 0.25) is 0 Å². The maximum absolute atomic E-state index is 5.51. The van der Waals surface area contributed by atoms with Crippen molar-refractivity contribution < 1.29 is 0 Å². The lowest BCUT2D eigenvalue weighted by atomic mass is 10.2. The summed E-state index contributed by atoms with van der Waals surface area (Å²) in [5.41, 5.74) is 5.51. The molecule has 6 heteroatoms. The Morgan fingerprint density at radius 3 is 3.21 bits per heavy atom. The topological polar surface area (TPSA) is 63.8 Å². The molecule has 0 aliphatic carbocycles. The zero-order valence-corrected chi connectivity index (χ0v) is 9.94. The van der Waals surface area contributed by atoms with Crippen molar-refractivity contribution in [3.05, 3.63) is 10.7 Å². The van der Waals surface area contributed by atoms with Gasteiger partial charge in [0, 0.05) is 18.0 Å². The van der Waals surface area contributed by atoms with Crippen LogP contribution in [0.5, 0.6) is 0 Å². The molecule has 1 fully saturated rings. The summed E-state index contributed by atoms with van der Waals surface area (Å²) >= 11 is 5.35. The summed E-state index contributed by atoms with van der Waals surface area (Å²) in [5, 5.41) is 3.35. The van der Waals surface area contributed by atoms with Gasteiger partial charge in [0.25, 0.3) is 0 Å². The monoisotopic (exact) mass is 274 g/mol. The summed E-state index contributed by atoms with van der Waals surface area (Å²) in [4.78, 5) is 8.02. The molecular formula is C8H11BrN4S. The first kappa shape index (κ1) is 10.0. The summed E-state index contributed by atoms with van der Waals surface area (Å²) in [5.74, 6) is 3.46. The SMILES string of the molecule is Nc1ncc(Br)c(NC2CCSC2)n1. The molecule has 0 radical (unpaired) electrons. The molecule has 2 rings (SSSR count). The highest BCUT2D eigenvalue weighted by molar-refractivity contribution is 9.10. The number of hydrogen-bond donors (Lipinski definition) is 2. The number of rotatable bonds is 2. The number of anilines is 2. The van der Waals surface area contributed by atoms with Crippen LogP contribution in [0.15, 0.2) is 10.7 Å². The van der Waals surface area contributed by atoms with E-state index in [1.807, 2.05) is 11.8 Å². The van der Waals surface area contributed by atoms with Crippen LogP contribution in [0.4, 0.5) is 11.8 Å². The quantitative estimate of drug-likeness (QED) is 0.860. The molecule has 0 aromatic carbocycles. The van der Waals surface area contributed by atoms with E-state index in [9.17, 15) is 0 Å². The smallest absolute Gasteiger partial charge is 0.221 e. The van der Waals surface area contributed by atoms with Gasteiger partial charge in [0.15, 0.2) is 0 Å². The molecule has 1 aromatic rings. The Labute approximate surface area is 95.2 Å². The number of hydrogen-bond acceptors (Lipinski definition) is 5. The van der Waals surface area contributed by atoms with Crippen LogP contribution in [0.3, 0.4) is 0 Å². The van der Waals surface area contributed by atoms with Crippen molar-refractivity contribution in [2.24, 2.45) is 0 Å². The van der Waals surface area contributed by atoms with E-state index in [2.05, 4.69) is 31.2 Å². The molecule has 14 heavy (non-hydrogen) atoms. The van der Waals surface area contributed by atoms with Gasteiger partial charge in [-0.3, -0.25) is 0 Å². The third-order valence-corrected chi connectivity index (χ3v) is 3.78. The minimum absolute atomic E-state index is 0.307. The second-order valence-electron chi connectivity index (χ2n) is 3.13. The van der Waals surface area contributed by atoms with E-state index in [-0.39, 0.29) is 0 Å². The highest BCUT2D eigenvalue weighted by Crippen LogP contribution is 2.24. The minimum atomic E-state index is 0.307. The summed E-state index contributed by atoms with van der Waals surface area (Å²) in [7, 11) is 0. The largest absolute Gasteiger partial charge is 0.368 e. The zero-order valence-electron chi connectivity index (χ0n) is 7.53. The van der Waals surface area contributed by atoms with E-state index >= 15 is 0 Å². The second kappa shape index (κ2) is 4.35. The Morgan fingerprint density at radius 2 is 2.50 bits per heavy atom. The molecule has 0 spiro atoms. The molecular weight excluding hydrogens is 264 g/mol. The number of nitrogen functional groups attached to an aromatic ring is 1. The summed E-state index contributed by atoms with van der Waals surface area (Å²) < 4.78 is 0.864. The first-order chi connectivity index (χ1) is 6.75. The average Bonchev–Trinajstić information content (AvgIpc) is 2.64. The molecule has 76 valence electrons. The van der Waals surface area contributed by atoms with E-state index in [4.69, 9.17) is 5.73 Å². The van der Waals surface area contributed by atoms with Gasteiger partial charge in [-0.2, -0.15) is 16.7 Å². The number of aromatic nitrogens is 2. The highest BCUT2D eigenvalue weighted by atomic mass is 79.9. The van der Waals surface area contributed by atoms with Crippen LogP contribution in [-0.4, -0.2) is 27.5 Å². The molecule has 0 saturated carbocycles. The van der Waals surface area contributed by atoms with Crippen LogP contribution in [-0.2, 0) is 0 Å². The van der Waals surface area contributed by atoms with Crippen LogP contribution < -0.4 is 11.1 Å². The van der Waals surface area contributed by atoms with E-state index in [1.165, 1.54) is 12.2 Å². The molecule has 0 bridgehead atoms. The molecule has 4 nitrogen and oxygen atoms in total. The first-order valence-corrected chi connectivity index (χ1v) is 6.33. The van der Waals surface area contributed by atoms with Gasteiger partial charge in [-0.25, -0.2) is 4.98 Å². The van der Waals surface area contributed by atoms with Gasteiger partial charge in [0.2, 0.25) is 5.95 Å². The number of nitrogens with zero attached hydrogens (tertiary/aromatic N) is 2. The molecule has 3 N–H and O–H groups in total. The van der Waals surface area contributed by atoms with Crippen LogP contribution in [0.1, 0.15) is 6.42 Å². The lowest BCUT2D eigenvalue weighted by molar-refractivity contribution is 0.805. The maximum Gasteiger partial charge on any atom is 0.221 e. The van der Waals surface area contributed by atoms with Gasteiger partial charge >= 0.3 is 0 Å². The van der Waals surface area contributed by atoms with Crippen molar-refractivity contribution in [2.45, 2.75) is 12.5 Å². The van der Waals surface area contributed by atoms with Crippen molar-refractivity contribution in [3.8, 4) is 0 Å². The van der Waals surface area contributed by atoms with Crippen molar-refractivity contribution in [1.82, 2.24) is 9.97 Å². The fourth-order valence-corrected chi connectivity index (χ4v) is 2.78. The Bertz CT molecular complexity index is 327. The fourth-order valence-electron chi connectivity index (χ4n) is 1.32. The highest BCUT2D eigenvalue weighted by Gasteiger charge is 2.16. The van der Waals surface area contributed by atoms with Gasteiger partial charge in [-0.05, 0) is 28.1 Å². The lowest BCUT2D eigenvalue weighted by Gasteiger charge is -2.12. The predicted molar refractivity (Wildman–Crippen MR) is 63.5 cm³/mol. The van der Waals surface area contributed by atoms with Crippen molar-refractivity contribution in [2.75, 3.05) is 22.6 Å². The third kappa shape index (κ3) is 2.30. The van der Waals surface area contributed by atoms with E-state index in [1.54, 1.807) is 6.20 Å². The molecule has 1 aliphatic rings. The van der Waals surface area contributed by atoms with Gasteiger partial charge in [-0.1, -0.05) is 0 Å². The number of thioether (sulfide) groups is 1. The Kier molecular flexibility index (Phi) is 3.12. The zero-order chi connectivity index (χ0) is 9.97. The maximum atomic E-state index is 5.51. The van der Waals surface area contributed by atoms with Gasteiger partial charge < -0.3 is 11.1 Å². The fraction of sp³-hybridized carbons (Fsp3) is 0.500. The molecule has 0 amide bonds. The summed E-state index contributed by atoms with van der Waals surface area (Å²) in [6, 6.07) is 0.505. The number of nitrogens with two attached hydrogens (primary N) is 1.